The first-order chi connectivity index (χ1) is 11.5. The lowest BCUT2D eigenvalue weighted by Gasteiger charge is -2.10. The smallest absolute Gasteiger partial charge is 0.238 e. The molecule has 24 heavy (non-hydrogen) atoms. The van der Waals surface area contributed by atoms with Crippen LogP contribution in [0.4, 0.5) is 5.69 Å². The Kier molecular flexibility index (Phi) is 8.91. The van der Waals surface area contributed by atoms with Crippen LogP contribution >= 0.6 is 12.2 Å². The SMILES string of the molecule is C=CCNC(=S)NNC(=O)CCC(=O)Nc1ccc(OCC)cc1. The van der Waals surface area contributed by atoms with Gasteiger partial charge in [0.2, 0.25) is 11.8 Å². The molecule has 0 fully saturated rings. The Labute approximate surface area is 146 Å². The van der Waals surface area contributed by atoms with Crippen molar-refractivity contribution in [1.82, 2.24) is 16.2 Å². The third-order valence-corrected chi connectivity index (χ3v) is 3.00. The molecule has 0 aliphatic rings. The van der Waals surface area contributed by atoms with Gasteiger partial charge in [-0.05, 0) is 43.4 Å². The normalized spacial score (nSPS) is 9.54. The van der Waals surface area contributed by atoms with E-state index in [4.69, 9.17) is 17.0 Å². The van der Waals surface area contributed by atoms with E-state index < -0.39 is 0 Å². The number of ether oxygens (including phenoxy) is 1. The molecule has 0 spiro atoms. The van der Waals surface area contributed by atoms with Gasteiger partial charge in [0.15, 0.2) is 5.11 Å². The monoisotopic (exact) mass is 350 g/mol. The van der Waals surface area contributed by atoms with Gasteiger partial charge in [-0.1, -0.05) is 6.08 Å². The Bertz CT molecular complexity index is 575. The van der Waals surface area contributed by atoms with Crippen molar-refractivity contribution >= 4 is 34.8 Å². The first-order valence-corrected chi connectivity index (χ1v) is 7.92. The summed E-state index contributed by atoms with van der Waals surface area (Å²) in [5.74, 6) is 0.156. The first-order valence-electron chi connectivity index (χ1n) is 7.51. The average molecular weight is 350 g/mol. The maximum absolute atomic E-state index is 11.8. The van der Waals surface area contributed by atoms with Crippen LogP contribution in [-0.4, -0.2) is 30.1 Å². The fourth-order valence-electron chi connectivity index (χ4n) is 1.65. The number of hydrazine groups is 1. The Morgan fingerprint density at radius 1 is 1.17 bits per heavy atom. The maximum atomic E-state index is 11.8. The summed E-state index contributed by atoms with van der Waals surface area (Å²) in [7, 11) is 0. The molecule has 0 atom stereocenters. The van der Waals surface area contributed by atoms with Crippen molar-refractivity contribution in [3.05, 3.63) is 36.9 Å². The summed E-state index contributed by atoms with van der Waals surface area (Å²) in [6.07, 6.45) is 1.74. The van der Waals surface area contributed by atoms with E-state index in [1.807, 2.05) is 6.92 Å². The van der Waals surface area contributed by atoms with Crippen molar-refractivity contribution < 1.29 is 14.3 Å². The molecule has 7 nitrogen and oxygen atoms in total. The van der Waals surface area contributed by atoms with E-state index in [1.54, 1.807) is 30.3 Å². The maximum Gasteiger partial charge on any atom is 0.238 e. The van der Waals surface area contributed by atoms with Gasteiger partial charge in [-0.2, -0.15) is 0 Å². The second-order valence-electron chi connectivity index (χ2n) is 4.68. The van der Waals surface area contributed by atoms with E-state index in [0.717, 1.165) is 5.75 Å². The molecule has 0 unspecified atom stereocenters. The van der Waals surface area contributed by atoms with Gasteiger partial charge in [-0.25, -0.2) is 0 Å². The molecule has 0 saturated heterocycles. The molecule has 0 saturated carbocycles. The minimum Gasteiger partial charge on any atom is -0.494 e. The number of carbonyl (C=O) groups is 2. The van der Waals surface area contributed by atoms with Gasteiger partial charge in [-0.3, -0.25) is 20.4 Å². The molecule has 0 heterocycles. The van der Waals surface area contributed by atoms with E-state index in [1.165, 1.54) is 0 Å². The zero-order chi connectivity index (χ0) is 17.8. The Hall–Kier alpha value is -2.61. The molecule has 8 heteroatoms. The Balaban J connectivity index is 2.26. The van der Waals surface area contributed by atoms with Crippen molar-refractivity contribution in [3.63, 3.8) is 0 Å². The third kappa shape index (κ3) is 8.14. The number of hydrogen-bond acceptors (Lipinski definition) is 4. The lowest BCUT2D eigenvalue weighted by molar-refractivity contribution is -0.124. The molecule has 1 aromatic carbocycles. The van der Waals surface area contributed by atoms with Crippen LogP contribution in [0.2, 0.25) is 0 Å². The number of anilines is 1. The predicted molar refractivity (Wildman–Crippen MR) is 97.6 cm³/mol. The van der Waals surface area contributed by atoms with Crippen molar-refractivity contribution in [2.75, 3.05) is 18.5 Å². The Morgan fingerprint density at radius 2 is 1.83 bits per heavy atom. The van der Waals surface area contributed by atoms with Crippen molar-refractivity contribution in [2.45, 2.75) is 19.8 Å². The van der Waals surface area contributed by atoms with E-state index in [0.29, 0.717) is 18.8 Å². The molecule has 0 radical (unpaired) electrons. The number of nitrogens with one attached hydrogen (secondary N) is 4. The fraction of sp³-hybridized carbons (Fsp3) is 0.312. The number of hydrogen-bond donors (Lipinski definition) is 4. The predicted octanol–water partition coefficient (Wildman–Crippen LogP) is 1.49. The Morgan fingerprint density at radius 3 is 2.46 bits per heavy atom. The van der Waals surface area contributed by atoms with E-state index >= 15 is 0 Å². The van der Waals surface area contributed by atoms with Crippen LogP contribution in [0.5, 0.6) is 5.75 Å². The van der Waals surface area contributed by atoms with Gasteiger partial charge in [0.1, 0.15) is 5.75 Å². The summed E-state index contributed by atoms with van der Waals surface area (Å²) in [6, 6.07) is 7.03. The summed E-state index contributed by atoms with van der Waals surface area (Å²) < 4.78 is 5.32. The fourth-order valence-corrected chi connectivity index (χ4v) is 1.78. The molecule has 0 aliphatic heterocycles. The number of benzene rings is 1. The molecule has 0 aliphatic carbocycles. The number of thiocarbonyl (C=S) groups is 1. The summed E-state index contributed by atoms with van der Waals surface area (Å²) in [6.45, 7) is 6.51. The largest absolute Gasteiger partial charge is 0.494 e. The standard InChI is InChI=1S/C16H22N4O3S/c1-3-11-17-16(24)20-19-15(22)10-9-14(21)18-12-5-7-13(8-6-12)23-4-2/h3,5-8H,1,4,9-11H2,2H3,(H,18,21)(H,19,22)(H2,17,20,24). The van der Waals surface area contributed by atoms with Crippen molar-refractivity contribution in [3.8, 4) is 5.75 Å². The zero-order valence-electron chi connectivity index (χ0n) is 13.6. The van der Waals surface area contributed by atoms with Crippen LogP contribution in [0.3, 0.4) is 0 Å². The molecule has 2 amide bonds. The molecular weight excluding hydrogens is 328 g/mol. The van der Waals surface area contributed by atoms with E-state index in [2.05, 4.69) is 28.1 Å². The highest BCUT2D eigenvalue weighted by Crippen LogP contribution is 2.15. The van der Waals surface area contributed by atoms with E-state index in [-0.39, 0.29) is 29.8 Å². The summed E-state index contributed by atoms with van der Waals surface area (Å²) in [4.78, 5) is 23.4. The second-order valence-corrected chi connectivity index (χ2v) is 5.09. The highest BCUT2D eigenvalue weighted by atomic mass is 32.1. The third-order valence-electron chi connectivity index (χ3n) is 2.75. The van der Waals surface area contributed by atoms with Gasteiger partial charge in [0, 0.05) is 25.1 Å². The molecular formula is C16H22N4O3S. The minimum atomic E-state index is -0.334. The topological polar surface area (TPSA) is 91.5 Å². The van der Waals surface area contributed by atoms with Crippen LogP contribution in [0.15, 0.2) is 36.9 Å². The van der Waals surface area contributed by atoms with Gasteiger partial charge < -0.3 is 15.4 Å². The lowest BCUT2D eigenvalue weighted by atomic mass is 10.2. The number of rotatable bonds is 8. The highest BCUT2D eigenvalue weighted by molar-refractivity contribution is 7.80. The quantitative estimate of drug-likeness (QED) is 0.323. The highest BCUT2D eigenvalue weighted by Gasteiger charge is 2.07. The summed E-state index contributed by atoms with van der Waals surface area (Å²) in [5.41, 5.74) is 5.59. The molecule has 0 aromatic heterocycles. The molecule has 0 bridgehead atoms. The van der Waals surface area contributed by atoms with Gasteiger partial charge >= 0.3 is 0 Å². The van der Waals surface area contributed by atoms with Crippen LogP contribution in [0, 0.1) is 0 Å². The first kappa shape index (κ1) is 19.4. The molecule has 130 valence electrons. The summed E-state index contributed by atoms with van der Waals surface area (Å²) in [5, 5.41) is 5.79. The molecule has 4 N–H and O–H groups in total. The van der Waals surface area contributed by atoms with Gasteiger partial charge in [0.05, 0.1) is 6.61 Å². The number of carbonyl (C=O) groups excluding carboxylic acids is 2. The van der Waals surface area contributed by atoms with Gasteiger partial charge in [0.25, 0.3) is 0 Å². The lowest BCUT2D eigenvalue weighted by Crippen LogP contribution is -2.46. The van der Waals surface area contributed by atoms with Crippen molar-refractivity contribution in [2.24, 2.45) is 0 Å². The second kappa shape index (κ2) is 11.0. The number of amides is 2. The minimum absolute atomic E-state index is 0.0416. The van der Waals surface area contributed by atoms with Crippen LogP contribution in [0.25, 0.3) is 0 Å². The summed E-state index contributed by atoms with van der Waals surface area (Å²) >= 11 is 4.92. The van der Waals surface area contributed by atoms with Crippen LogP contribution < -0.4 is 26.2 Å². The molecule has 1 aromatic rings. The zero-order valence-corrected chi connectivity index (χ0v) is 14.4. The van der Waals surface area contributed by atoms with Crippen LogP contribution in [-0.2, 0) is 9.59 Å². The van der Waals surface area contributed by atoms with Gasteiger partial charge in [-0.15, -0.1) is 6.58 Å². The molecule has 1 rings (SSSR count). The van der Waals surface area contributed by atoms with Crippen LogP contribution in [0.1, 0.15) is 19.8 Å². The average Bonchev–Trinajstić information content (AvgIpc) is 2.58. The van der Waals surface area contributed by atoms with Crippen molar-refractivity contribution in [1.29, 1.82) is 0 Å². The van der Waals surface area contributed by atoms with E-state index in [9.17, 15) is 9.59 Å².